The van der Waals surface area contributed by atoms with Crippen LogP contribution in [0.4, 0.5) is 0 Å². The molecule has 0 atom stereocenters. The van der Waals surface area contributed by atoms with Crippen LogP contribution in [-0.2, 0) is 9.53 Å². The number of pyridine rings is 1. The van der Waals surface area contributed by atoms with E-state index in [9.17, 15) is 9.59 Å². The van der Waals surface area contributed by atoms with Gasteiger partial charge in [-0.15, -0.1) is 0 Å². The lowest BCUT2D eigenvalue weighted by Crippen LogP contribution is -2.43. The van der Waals surface area contributed by atoms with Gasteiger partial charge in [0.05, 0.1) is 16.6 Å². The van der Waals surface area contributed by atoms with Crippen LogP contribution in [0.3, 0.4) is 0 Å². The van der Waals surface area contributed by atoms with E-state index in [1.165, 1.54) is 0 Å². The topological polar surface area (TPSA) is 97.6 Å². The summed E-state index contributed by atoms with van der Waals surface area (Å²) in [6, 6.07) is 1.86. The first-order chi connectivity index (χ1) is 14.4. The molecule has 0 saturated carbocycles. The summed E-state index contributed by atoms with van der Waals surface area (Å²) in [6.45, 7) is 10.9. The maximum absolute atomic E-state index is 13.3. The van der Waals surface area contributed by atoms with Crippen molar-refractivity contribution in [2.45, 2.75) is 52.9 Å². The smallest absolute Gasteiger partial charge is 0.259 e. The van der Waals surface area contributed by atoms with E-state index in [2.05, 4.69) is 15.5 Å². The van der Waals surface area contributed by atoms with Gasteiger partial charge in [-0.2, -0.15) is 0 Å². The highest BCUT2D eigenvalue weighted by molar-refractivity contribution is 6.06. The summed E-state index contributed by atoms with van der Waals surface area (Å²) >= 11 is 0. The molecule has 0 aromatic carbocycles. The van der Waals surface area contributed by atoms with E-state index in [-0.39, 0.29) is 23.7 Å². The van der Waals surface area contributed by atoms with E-state index < -0.39 is 0 Å². The largest absolute Gasteiger partial charge is 0.382 e. The summed E-state index contributed by atoms with van der Waals surface area (Å²) in [5.74, 6) is 0.138. The van der Waals surface area contributed by atoms with E-state index >= 15 is 0 Å². The Bertz CT molecular complexity index is 885. The van der Waals surface area contributed by atoms with Crippen molar-refractivity contribution in [2.24, 2.45) is 5.92 Å². The van der Waals surface area contributed by atoms with Crippen molar-refractivity contribution in [2.75, 3.05) is 32.8 Å². The molecule has 1 fully saturated rings. The highest BCUT2D eigenvalue weighted by Crippen LogP contribution is 2.27. The average Bonchev–Trinajstić information content (AvgIpc) is 3.13. The number of hydrogen-bond acceptors (Lipinski definition) is 6. The SMILES string of the molecule is CCOCCCNC(=O)C1CCN(C(=O)c2cc(C(C)C)nc3onc(C)c23)CC1. The van der Waals surface area contributed by atoms with Gasteiger partial charge in [-0.25, -0.2) is 4.98 Å². The predicted molar refractivity (Wildman–Crippen MR) is 113 cm³/mol. The Labute approximate surface area is 177 Å². The van der Waals surface area contributed by atoms with Crippen LogP contribution in [0.1, 0.15) is 67.7 Å². The highest BCUT2D eigenvalue weighted by atomic mass is 16.5. The Kier molecular flexibility index (Phi) is 7.42. The number of carbonyl (C=O) groups is 2. The molecule has 30 heavy (non-hydrogen) atoms. The number of aryl methyl sites for hydroxylation is 1. The summed E-state index contributed by atoms with van der Waals surface area (Å²) < 4.78 is 10.6. The Balaban J connectivity index is 1.63. The molecule has 1 saturated heterocycles. The third kappa shape index (κ3) is 4.98. The molecular weight excluding hydrogens is 384 g/mol. The molecule has 0 aliphatic carbocycles. The molecule has 2 amide bonds. The first kappa shape index (κ1) is 22.2. The number of rotatable bonds is 8. The molecule has 3 heterocycles. The molecule has 8 heteroatoms. The first-order valence-corrected chi connectivity index (χ1v) is 10.8. The van der Waals surface area contributed by atoms with Crippen molar-refractivity contribution in [3.05, 3.63) is 23.0 Å². The van der Waals surface area contributed by atoms with Crippen molar-refractivity contribution in [3.63, 3.8) is 0 Å². The Morgan fingerprint density at radius 2 is 2.07 bits per heavy atom. The van der Waals surface area contributed by atoms with Gasteiger partial charge >= 0.3 is 0 Å². The van der Waals surface area contributed by atoms with Crippen molar-refractivity contribution in [1.82, 2.24) is 20.4 Å². The summed E-state index contributed by atoms with van der Waals surface area (Å²) in [5, 5.41) is 7.66. The second kappa shape index (κ2) is 10.0. The van der Waals surface area contributed by atoms with Crippen LogP contribution in [0.25, 0.3) is 11.1 Å². The molecule has 0 spiro atoms. The fourth-order valence-corrected chi connectivity index (χ4v) is 3.77. The van der Waals surface area contributed by atoms with Crippen LogP contribution in [-0.4, -0.2) is 59.7 Å². The van der Waals surface area contributed by atoms with E-state index in [1.54, 1.807) is 0 Å². The summed E-state index contributed by atoms with van der Waals surface area (Å²) in [6.07, 6.45) is 2.14. The van der Waals surface area contributed by atoms with Crippen LogP contribution >= 0.6 is 0 Å². The van der Waals surface area contributed by atoms with Gasteiger partial charge in [0.1, 0.15) is 0 Å². The second-order valence-corrected chi connectivity index (χ2v) is 8.11. The molecule has 2 aromatic rings. The molecule has 2 aromatic heterocycles. The lowest BCUT2D eigenvalue weighted by molar-refractivity contribution is -0.126. The van der Waals surface area contributed by atoms with E-state index in [4.69, 9.17) is 9.26 Å². The minimum Gasteiger partial charge on any atom is -0.382 e. The Hall–Kier alpha value is -2.48. The van der Waals surface area contributed by atoms with Gasteiger partial charge in [-0.3, -0.25) is 9.59 Å². The molecular formula is C22H32N4O4. The number of fused-ring (bicyclic) bond motifs is 1. The lowest BCUT2D eigenvalue weighted by atomic mass is 9.95. The number of amides is 2. The summed E-state index contributed by atoms with van der Waals surface area (Å²) in [7, 11) is 0. The van der Waals surface area contributed by atoms with Crippen LogP contribution in [0.15, 0.2) is 10.6 Å². The molecule has 0 unspecified atom stereocenters. The van der Waals surface area contributed by atoms with E-state index in [0.29, 0.717) is 68.0 Å². The fraction of sp³-hybridized carbons (Fsp3) is 0.636. The summed E-state index contributed by atoms with van der Waals surface area (Å²) in [4.78, 5) is 32.0. The van der Waals surface area contributed by atoms with E-state index in [0.717, 1.165) is 12.1 Å². The zero-order chi connectivity index (χ0) is 21.7. The molecule has 8 nitrogen and oxygen atoms in total. The number of piperidine rings is 1. The normalized spacial score (nSPS) is 15.2. The fourth-order valence-electron chi connectivity index (χ4n) is 3.77. The van der Waals surface area contributed by atoms with Gasteiger partial charge in [-0.05, 0) is 45.1 Å². The first-order valence-electron chi connectivity index (χ1n) is 10.8. The van der Waals surface area contributed by atoms with Crippen molar-refractivity contribution >= 4 is 22.9 Å². The number of hydrogen-bond donors (Lipinski definition) is 1. The van der Waals surface area contributed by atoms with Gasteiger partial charge in [-0.1, -0.05) is 19.0 Å². The Morgan fingerprint density at radius 1 is 1.33 bits per heavy atom. The molecule has 1 aliphatic heterocycles. The Morgan fingerprint density at radius 3 is 2.73 bits per heavy atom. The molecule has 0 bridgehead atoms. The van der Waals surface area contributed by atoms with Crippen LogP contribution in [0, 0.1) is 12.8 Å². The lowest BCUT2D eigenvalue weighted by Gasteiger charge is -2.31. The van der Waals surface area contributed by atoms with Crippen LogP contribution in [0.5, 0.6) is 0 Å². The molecule has 1 aliphatic rings. The number of likely N-dealkylation sites (tertiary alicyclic amines) is 1. The third-order valence-corrected chi connectivity index (χ3v) is 5.58. The van der Waals surface area contributed by atoms with Crippen LogP contribution < -0.4 is 5.32 Å². The van der Waals surface area contributed by atoms with Crippen molar-refractivity contribution in [3.8, 4) is 0 Å². The van der Waals surface area contributed by atoms with Gasteiger partial charge in [0.25, 0.3) is 11.6 Å². The second-order valence-electron chi connectivity index (χ2n) is 8.11. The number of carbonyl (C=O) groups excluding carboxylic acids is 2. The zero-order valence-electron chi connectivity index (χ0n) is 18.4. The van der Waals surface area contributed by atoms with Crippen molar-refractivity contribution < 1.29 is 18.8 Å². The predicted octanol–water partition coefficient (Wildman–Crippen LogP) is 3.05. The minimum absolute atomic E-state index is 0.0498. The highest BCUT2D eigenvalue weighted by Gasteiger charge is 2.29. The number of ether oxygens (including phenoxy) is 1. The van der Waals surface area contributed by atoms with Crippen molar-refractivity contribution in [1.29, 1.82) is 0 Å². The quantitative estimate of drug-likeness (QED) is 0.664. The molecule has 0 radical (unpaired) electrons. The van der Waals surface area contributed by atoms with Gasteiger partial charge in [0.15, 0.2) is 0 Å². The van der Waals surface area contributed by atoms with Crippen LogP contribution in [0.2, 0.25) is 0 Å². The van der Waals surface area contributed by atoms with Gasteiger partial charge < -0.3 is 19.5 Å². The van der Waals surface area contributed by atoms with Gasteiger partial charge in [0, 0.05) is 44.5 Å². The zero-order valence-corrected chi connectivity index (χ0v) is 18.4. The molecule has 3 rings (SSSR count). The number of aromatic nitrogens is 2. The maximum Gasteiger partial charge on any atom is 0.259 e. The summed E-state index contributed by atoms with van der Waals surface area (Å²) in [5.41, 5.74) is 2.46. The monoisotopic (exact) mass is 416 g/mol. The van der Waals surface area contributed by atoms with E-state index in [1.807, 2.05) is 38.7 Å². The third-order valence-electron chi connectivity index (χ3n) is 5.58. The standard InChI is InChI=1S/C22H32N4O4/c1-5-29-12-6-9-23-20(27)16-7-10-26(11-8-16)22(28)17-13-18(14(2)3)24-21-19(17)15(4)25-30-21/h13-14,16H,5-12H2,1-4H3,(H,23,27). The maximum atomic E-state index is 13.3. The number of nitrogens with one attached hydrogen (secondary N) is 1. The number of nitrogens with zero attached hydrogens (tertiary/aromatic N) is 3. The van der Waals surface area contributed by atoms with Gasteiger partial charge in [0.2, 0.25) is 5.91 Å². The average molecular weight is 417 g/mol. The molecule has 1 N–H and O–H groups in total. The molecule has 164 valence electrons. The minimum atomic E-state index is -0.0536.